The van der Waals surface area contributed by atoms with Gasteiger partial charge in [0, 0.05) is 31.4 Å². The average molecular weight is 465 g/mol. The van der Waals surface area contributed by atoms with Gasteiger partial charge in [-0.1, -0.05) is 12.1 Å². The summed E-state index contributed by atoms with van der Waals surface area (Å²) in [5.74, 6) is 1.76. The van der Waals surface area contributed by atoms with Crippen LogP contribution in [0.2, 0.25) is 0 Å². The van der Waals surface area contributed by atoms with Gasteiger partial charge < -0.3 is 29.6 Å². The van der Waals surface area contributed by atoms with Gasteiger partial charge in [0.2, 0.25) is 5.71 Å². The number of unbranched alkanes of at least 4 members (excludes halogenated alkanes) is 1. The first-order valence-electron chi connectivity index (χ1n) is 11.5. The predicted octanol–water partition coefficient (Wildman–Crippen LogP) is 2.26. The number of aromatic nitrogens is 3. The van der Waals surface area contributed by atoms with Crippen LogP contribution in [0.5, 0.6) is 5.75 Å². The molecule has 10 heteroatoms. The number of anilines is 1. The molecule has 178 valence electrons. The van der Waals surface area contributed by atoms with Crippen LogP contribution in [0.1, 0.15) is 12.8 Å². The van der Waals surface area contributed by atoms with Crippen LogP contribution >= 0.6 is 0 Å². The van der Waals surface area contributed by atoms with Crippen molar-refractivity contribution in [2.24, 2.45) is 5.73 Å². The molecule has 4 aromatic rings. The predicted molar refractivity (Wildman–Crippen MR) is 128 cm³/mol. The number of hydrogen-bond donors (Lipinski definition) is 3. The first-order chi connectivity index (χ1) is 16.7. The van der Waals surface area contributed by atoms with Crippen LogP contribution in [-0.2, 0) is 4.74 Å². The minimum absolute atomic E-state index is 0.506. The highest BCUT2D eigenvalue weighted by atomic mass is 16.6. The molecule has 0 aliphatic carbocycles. The van der Waals surface area contributed by atoms with E-state index >= 15 is 0 Å². The van der Waals surface area contributed by atoms with Crippen molar-refractivity contribution < 1.29 is 19.0 Å². The van der Waals surface area contributed by atoms with Crippen molar-refractivity contribution in [3.05, 3.63) is 42.6 Å². The summed E-state index contributed by atoms with van der Waals surface area (Å²) in [4.78, 5) is 16.2. The Morgan fingerprint density at radius 3 is 2.88 bits per heavy atom. The van der Waals surface area contributed by atoms with E-state index in [0.29, 0.717) is 73.6 Å². The average Bonchev–Trinajstić information content (AvgIpc) is 3.25. The van der Waals surface area contributed by atoms with Gasteiger partial charge >= 0.3 is 0 Å². The summed E-state index contributed by atoms with van der Waals surface area (Å²) in [6.07, 6.45) is 2.33. The molecule has 0 amide bonds. The number of pyridine rings is 1. The Balaban J connectivity index is 1.48. The number of nitrogens with two attached hydrogens (primary N) is 1. The lowest BCUT2D eigenvalue weighted by Gasteiger charge is -2.27. The minimum atomic E-state index is -1.12. The highest BCUT2D eigenvalue weighted by Gasteiger charge is 2.23. The van der Waals surface area contributed by atoms with Gasteiger partial charge in [-0.05, 0) is 43.7 Å². The van der Waals surface area contributed by atoms with E-state index in [-0.39, 0.29) is 0 Å². The summed E-state index contributed by atoms with van der Waals surface area (Å²) in [7, 11) is 0. The molecule has 3 aromatic heterocycles. The van der Waals surface area contributed by atoms with E-state index in [4.69, 9.17) is 29.6 Å². The van der Waals surface area contributed by atoms with Crippen LogP contribution in [0.4, 0.5) is 5.82 Å². The van der Waals surface area contributed by atoms with Crippen LogP contribution in [0.3, 0.4) is 0 Å². The molecule has 1 atom stereocenters. The number of morpholine rings is 1. The Bertz CT molecular complexity index is 1260. The molecule has 34 heavy (non-hydrogen) atoms. The lowest BCUT2D eigenvalue weighted by molar-refractivity contribution is -0.0436. The number of rotatable bonds is 9. The number of nitrogens with zero attached hydrogens (tertiary/aromatic N) is 4. The quantitative estimate of drug-likeness (QED) is 0.250. The second-order valence-corrected chi connectivity index (χ2v) is 8.05. The number of furan rings is 1. The van der Waals surface area contributed by atoms with Gasteiger partial charge in [0.25, 0.3) is 6.41 Å². The van der Waals surface area contributed by atoms with Crippen LogP contribution in [0, 0.1) is 0 Å². The first kappa shape index (κ1) is 22.5. The molecular formula is C24H28N6O4. The van der Waals surface area contributed by atoms with Crippen molar-refractivity contribution in [2.45, 2.75) is 19.3 Å². The molecule has 1 saturated heterocycles. The van der Waals surface area contributed by atoms with E-state index in [2.05, 4.69) is 15.2 Å². The zero-order valence-electron chi connectivity index (χ0n) is 18.8. The molecule has 5 rings (SSSR count). The summed E-state index contributed by atoms with van der Waals surface area (Å²) < 4.78 is 17.2. The lowest BCUT2D eigenvalue weighted by atomic mass is 10.2. The maximum atomic E-state index is 10.2. The molecular weight excluding hydrogens is 436 g/mol. The number of ether oxygens (including phenoxy) is 2. The van der Waals surface area contributed by atoms with Crippen molar-refractivity contribution >= 4 is 28.0 Å². The normalized spacial score (nSPS) is 15.2. The fraction of sp³-hybridized carbons (Fsp3) is 0.375. The Morgan fingerprint density at radius 1 is 1.15 bits per heavy atom. The molecule has 4 N–H and O–H groups in total. The van der Waals surface area contributed by atoms with Crippen molar-refractivity contribution in [3.63, 3.8) is 0 Å². The molecule has 0 saturated carbocycles. The van der Waals surface area contributed by atoms with Gasteiger partial charge in [0.15, 0.2) is 17.2 Å². The van der Waals surface area contributed by atoms with E-state index in [1.54, 1.807) is 12.3 Å². The third-order valence-corrected chi connectivity index (χ3v) is 5.67. The van der Waals surface area contributed by atoms with Gasteiger partial charge in [0.05, 0.1) is 18.6 Å². The highest BCUT2D eigenvalue weighted by Crippen LogP contribution is 2.34. The van der Waals surface area contributed by atoms with E-state index < -0.39 is 6.41 Å². The third-order valence-electron chi connectivity index (χ3n) is 5.67. The molecule has 0 radical (unpaired) electrons. The number of hydrogen-bond acceptors (Lipinski definition) is 10. The monoisotopic (exact) mass is 464 g/mol. The Kier molecular flexibility index (Phi) is 6.82. The van der Waals surface area contributed by atoms with Gasteiger partial charge in [-0.25, -0.2) is 15.0 Å². The van der Waals surface area contributed by atoms with E-state index in [9.17, 15) is 5.11 Å². The molecule has 4 heterocycles. The molecule has 1 aliphatic heterocycles. The van der Waals surface area contributed by atoms with Crippen molar-refractivity contribution in [3.8, 4) is 17.1 Å². The fourth-order valence-corrected chi connectivity index (χ4v) is 3.96. The number of nitrogens with one attached hydrogen (secondary N) is 1. The summed E-state index contributed by atoms with van der Waals surface area (Å²) in [5, 5.41) is 13.9. The second-order valence-electron chi connectivity index (χ2n) is 8.05. The Hall–Kier alpha value is -3.31. The molecule has 1 fully saturated rings. The molecule has 0 spiro atoms. The lowest BCUT2D eigenvalue weighted by Crippen LogP contribution is -2.37. The fourth-order valence-electron chi connectivity index (χ4n) is 3.96. The standard InChI is InChI=1S/C24H28N6O4/c25-8-1-2-9-27-24(31)33-17-6-3-5-16(15-17)21-28-19-18-7-4-10-26-23(18)34-20(19)22(29-21)30-11-13-32-14-12-30/h3-7,10,15,24,27,31H,1-2,8-9,11-14,25H2. The van der Waals surface area contributed by atoms with Crippen molar-refractivity contribution in [2.75, 3.05) is 44.3 Å². The van der Waals surface area contributed by atoms with Crippen molar-refractivity contribution in [1.82, 2.24) is 20.3 Å². The highest BCUT2D eigenvalue weighted by molar-refractivity contribution is 6.05. The molecule has 0 bridgehead atoms. The van der Waals surface area contributed by atoms with Crippen LogP contribution in [0.15, 0.2) is 47.0 Å². The summed E-state index contributed by atoms with van der Waals surface area (Å²) in [6, 6.07) is 11.2. The third kappa shape index (κ3) is 4.80. The van der Waals surface area contributed by atoms with Gasteiger partial charge in [0.1, 0.15) is 11.3 Å². The summed E-state index contributed by atoms with van der Waals surface area (Å²) >= 11 is 0. The summed E-state index contributed by atoms with van der Waals surface area (Å²) in [6.45, 7) is 3.90. The Labute approximate surface area is 196 Å². The second kappa shape index (κ2) is 10.3. The molecule has 10 nitrogen and oxygen atoms in total. The van der Waals surface area contributed by atoms with Gasteiger partial charge in [-0.15, -0.1) is 0 Å². The minimum Gasteiger partial charge on any atom is -0.451 e. The van der Waals surface area contributed by atoms with Gasteiger partial charge in [-0.3, -0.25) is 5.32 Å². The number of aliphatic hydroxyl groups is 1. The zero-order valence-corrected chi connectivity index (χ0v) is 18.8. The smallest absolute Gasteiger partial charge is 0.257 e. The molecule has 1 unspecified atom stereocenters. The Morgan fingerprint density at radius 2 is 2.03 bits per heavy atom. The number of fused-ring (bicyclic) bond motifs is 3. The van der Waals surface area contributed by atoms with Crippen LogP contribution < -0.4 is 20.7 Å². The maximum absolute atomic E-state index is 10.2. The van der Waals surface area contributed by atoms with Crippen LogP contribution in [0.25, 0.3) is 33.6 Å². The first-order valence-corrected chi connectivity index (χ1v) is 11.5. The van der Waals surface area contributed by atoms with E-state index in [1.807, 2.05) is 30.3 Å². The van der Waals surface area contributed by atoms with E-state index in [1.165, 1.54) is 0 Å². The van der Waals surface area contributed by atoms with Gasteiger partial charge in [-0.2, -0.15) is 0 Å². The number of aliphatic hydroxyl groups excluding tert-OH is 1. The largest absolute Gasteiger partial charge is 0.451 e. The van der Waals surface area contributed by atoms with Crippen molar-refractivity contribution in [1.29, 1.82) is 0 Å². The maximum Gasteiger partial charge on any atom is 0.257 e. The molecule has 1 aliphatic rings. The van der Waals surface area contributed by atoms with Crippen LogP contribution in [-0.4, -0.2) is 65.9 Å². The number of benzene rings is 1. The zero-order chi connectivity index (χ0) is 23.3. The molecule has 1 aromatic carbocycles. The summed E-state index contributed by atoms with van der Waals surface area (Å²) in [5.41, 5.74) is 8.12. The van der Waals surface area contributed by atoms with E-state index in [0.717, 1.165) is 23.8 Å². The topological polar surface area (TPSA) is 132 Å². The SMILES string of the molecule is NCCCCNC(O)Oc1cccc(-c2nc(N3CCOCC3)c3oc4ncccc4c3n2)c1.